The first-order valence-electron chi connectivity index (χ1n) is 7.19. The zero-order chi connectivity index (χ0) is 13.8. The minimum absolute atomic E-state index is 0.134. The fourth-order valence-corrected chi connectivity index (χ4v) is 2.71. The zero-order valence-electron chi connectivity index (χ0n) is 11.8. The van der Waals surface area contributed by atoms with Gasteiger partial charge in [0.15, 0.2) is 0 Å². The molecule has 1 aliphatic rings. The molecule has 1 aromatic rings. The Morgan fingerprint density at radius 2 is 1.74 bits per heavy atom. The van der Waals surface area contributed by atoms with Crippen LogP contribution in [0.4, 0.5) is 5.69 Å². The van der Waals surface area contributed by atoms with E-state index in [9.17, 15) is 9.90 Å². The molecule has 1 fully saturated rings. The van der Waals surface area contributed by atoms with Crippen LogP contribution in [0.3, 0.4) is 0 Å². The van der Waals surface area contributed by atoms with Crippen molar-refractivity contribution in [3.8, 4) is 5.75 Å². The molecule has 2 N–H and O–H groups in total. The van der Waals surface area contributed by atoms with Gasteiger partial charge in [-0.15, -0.1) is 0 Å². The first kappa shape index (κ1) is 13.9. The number of rotatable bonds is 2. The third kappa shape index (κ3) is 3.49. The number of hydrogen-bond donors (Lipinski definition) is 2. The van der Waals surface area contributed by atoms with Gasteiger partial charge in [0.25, 0.3) is 0 Å². The van der Waals surface area contributed by atoms with E-state index >= 15 is 0 Å². The second kappa shape index (κ2) is 6.09. The highest BCUT2D eigenvalue weighted by Gasteiger charge is 2.20. The van der Waals surface area contributed by atoms with Crippen molar-refractivity contribution >= 4 is 11.6 Å². The Hall–Kier alpha value is -1.51. The van der Waals surface area contributed by atoms with Crippen molar-refractivity contribution < 1.29 is 9.90 Å². The van der Waals surface area contributed by atoms with E-state index in [0.717, 1.165) is 42.5 Å². The van der Waals surface area contributed by atoms with Crippen molar-refractivity contribution in [1.82, 2.24) is 0 Å². The minimum atomic E-state index is 0.134. The maximum absolute atomic E-state index is 12.3. The van der Waals surface area contributed by atoms with Crippen molar-refractivity contribution in [1.29, 1.82) is 0 Å². The van der Waals surface area contributed by atoms with Gasteiger partial charge in [-0.1, -0.05) is 25.7 Å². The average molecular weight is 261 g/mol. The van der Waals surface area contributed by atoms with Gasteiger partial charge in [-0.3, -0.25) is 4.79 Å². The van der Waals surface area contributed by atoms with Gasteiger partial charge in [-0.2, -0.15) is 0 Å². The lowest BCUT2D eigenvalue weighted by molar-refractivity contribution is -0.120. The van der Waals surface area contributed by atoms with Crippen LogP contribution in [0.15, 0.2) is 12.1 Å². The maximum atomic E-state index is 12.3. The number of carbonyl (C=O) groups excluding carboxylic acids is 1. The van der Waals surface area contributed by atoms with Gasteiger partial charge >= 0.3 is 0 Å². The Kier molecular flexibility index (Phi) is 4.46. The SMILES string of the molecule is Cc1cc(NC(=O)C2CCCCCC2)c(C)cc1O. The molecule has 0 aromatic heterocycles. The second-order valence-corrected chi connectivity index (χ2v) is 5.63. The van der Waals surface area contributed by atoms with Gasteiger partial charge in [0.05, 0.1) is 0 Å². The van der Waals surface area contributed by atoms with Gasteiger partial charge < -0.3 is 10.4 Å². The number of phenols is 1. The van der Waals surface area contributed by atoms with Crippen molar-refractivity contribution in [2.45, 2.75) is 52.4 Å². The van der Waals surface area contributed by atoms with E-state index in [1.165, 1.54) is 12.8 Å². The summed E-state index contributed by atoms with van der Waals surface area (Å²) in [6.07, 6.45) is 6.82. The molecule has 1 aliphatic carbocycles. The molecular formula is C16H23NO2. The third-order valence-electron chi connectivity index (χ3n) is 4.03. The number of phenolic OH excluding ortho intramolecular Hbond substituents is 1. The van der Waals surface area contributed by atoms with Crippen molar-refractivity contribution in [3.63, 3.8) is 0 Å². The van der Waals surface area contributed by atoms with E-state index in [1.807, 2.05) is 19.9 Å². The largest absolute Gasteiger partial charge is 0.508 e. The van der Waals surface area contributed by atoms with Crippen LogP contribution in [0.25, 0.3) is 0 Å². The number of hydrogen-bond acceptors (Lipinski definition) is 2. The quantitative estimate of drug-likeness (QED) is 0.626. The molecule has 1 amide bonds. The fourth-order valence-electron chi connectivity index (χ4n) is 2.71. The summed E-state index contributed by atoms with van der Waals surface area (Å²) in [5.74, 6) is 0.566. The highest BCUT2D eigenvalue weighted by atomic mass is 16.3. The average Bonchev–Trinajstić information content (AvgIpc) is 2.64. The minimum Gasteiger partial charge on any atom is -0.508 e. The summed E-state index contributed by atoms with van der Waals surface area (Å²) in [5, 5.41) is 12.7. The zero-order valence-corrected chi connectivity index (χ0v) is 11.8. The molecule has 0 radical (unpaired) electrons. The van der Waals surface area contributed by atoms with Crippen LogP contribution in [-0.2, 0) is 4.79 Å². The number of anilines is 1. The van der Waals surface area contributed by atoms with E-state index in [1.54, 1.807) is 6.07 Å². The Bertz CT molecular complexity index is 460. The van der Waals surface area contributed by atoms with E-state index in [2.05, 4.69) is 5.32 Å². The Morgan fingerprint density at radius 3 is 2.37 bits per heavy atom. The van der Waals surface area contributed by atoms with E-state index in [-0.39, 0.29) is 17.6 Å². The highest BCUT2D eigenvalue weighted by Crippen LogP contribution is 2.28. The highest BCUT2D eigenvalue weighted by molar-refractivity contribution is 5.93. The molecule has 0 heterocycles. The molecule has 0 atom stereocenters. The normalized spacial score (nSPS) is 16.9. The number of aryl methyl sites for hydroxylation is 2. The first-order valence-corrected chi connectivity index (χ1v) is 7.19. The van der Waals surface area contributed by atoms with Gasteiger partial charge in [-0.05, 0) is 49.9 Å². The standard InChI is InChI=1S/C16H23NO2/c1-11-10-15(18)12(2)9-14(11)17-16(19)13-7-5-3-4-6-8-13/h9-10,13,18H,3-8H2,1-2H3,(H,17,19). The number of carbonyl (C=O) groups is 1. The summed E-state index contributed by atoms with van der Waals surface area (Å²) >= 11 is 0. The monoisotopic (exact) mass is 261 g/mol. The molecule has 104 valence electrons. The lowest BCUT2D eigenvalue weighted by Crippen LogP contribution is -2.22. The molecule has 2 rings (SSSR count). The van der Waals surface area contributed by atoms with Crippen molar-refractivity contribution in [2.24, 2.45) is 5.92 Å². The third-order valence-corrected chi connectivity index (χ3v) is 4.03. The Balaban J connectivity index is 2.07. The van der Waals surface area contributed by atoms with Gasteiger partial charge in [0.1, 0.15) is 5.75 Å². The number of aromatic hydroxyl groups is 1. The molecule has 0 saturated heterocycles. The van der Waals surface area contributed by atoms with Gasteiger partial charge in [0.2, 0.25) is 5.91 Å². The molecule has 0 unspecified atom stereocenters. The van der Waals surface area contributed by atoms with Crippen LogP contribution in [0.1, 0.15) is 49.7 Å². The van der Waals surface area contributed by atoms with Gasteiger partial charge in [0, 0.05) is 11.6 Å². The molecule has 0 aliphatic heterocycles. The molecule has 0 bridgehead atoms. The summed E-state index contributed by atoms with van der Waals surface area (Å²) in [6, 6.07) is 3.55. The first-order chi connectivity index (χ1) is 9.08. The summed E-state index contributed by atoms with van der Waals surface area (Å²) < 4.78 is 0. The van der Waals surface area contributed by atoms with Crippen LogP contribution in [0.2, 0.25) is 0 Å². The molecule has 0 spiro atoms. The Morgan fingerprint density at radius 1 is 1.11 bits per heavy atom. The summed E-state index contributed by atoms with van der Waals surface area (Å²) in [4.78, 5) is 12.3. The predicted octanol–water partition coefficient (Wildman–Crippen LogP) is 3.92. The van der Waals surface area contributed by atoms with Crippen LogP contribution in [0, 0.1) is 19.8 Å². The predicted molar refractivity (Wildman–Crippen MR) is 77.4 cm³/mol. The topological polar surface area (TPSA) is 49.3 Å². The molecule has 19 heavy (non-hydrogen) atoms. The molecular weight excluding hydrogens is 238 g/mol. The van der Waals surface area contributed by atoms with Gasteiger partial charge in [-0.25, -0.2) is 0 Å². The summed E-state index contributed by atoms with van der Waals surface area (Å²) in [6.45, 7) is 3.75. The smallest absolute Gasteiger partial charge is 0.227 e. The van der Waals surface area contributed by atoms with E-state index < -0.39 is 0 Å². The van der Waals surface area contributed by atoms with E-state index in [4.69, 9.17) is 0 Å². The van der Waals surface area contributed by atoms with E-state index in [0.29, 0.717) is 0 Å². The maximum Gasteiger partial charge on any atom is 0.227 e. The van der Waals surface area contributed by atoms with Crippen LogP contribution < -0.4 is 5.32 Å². The molecule has 3 heteroatoms. The number of benzene rings is 1. The summed E-state index contributed by atoms with van der Waals surface area (Å²) in [7, 11) is 0. The summed E-state index contributed by atoms with van der Waals surface area (Å²) in [5.41, 5.74) is 2.52. The van der Waals surface area contributed by atoms with Crippen molar-refractivity contribution in [3.05, 3.63) is 23.3 Å². The lowest BCUT2D eigenvalue weighted by atomic mass is 9.99. The second-order valence-electron chi connectivity index (χ2n) is 5.63. The fraction of sp³-hybridized carbons (Fsp3) is 0.562. The Labute approximate surface area is 115 Å². The molecule has 3 nitrogen and oxygen atoms in total. The number of nitrogens with one attached hydrogen (secondary N) is 1. The van der Waals surface area contributed by atoms with Crippen LogP contribution >= 0.6 is 0 Å². The number of amides is 1. The lowest BCUT2D eigenvalue weighted by Gasteiger charge is -2.16. The molecule has 1 aromatic carbocycles. The van der Waals surface area contributed by atoms with Crippen LogP contribution in [-0.4, -0.2) is 11.0 Å². The molecule has 1 saturated carbocycles. The van der Waals surface area contributed by atoms with Crippen LogP contribution in [0.5, 0.6) is 5.75 Å². The van der Waals surface area contributed by atoms with Crippen molar-refractivity contribution in [2.75, 3.05) is 5.32 Å².